The van der Waals surface area contributed by atoms with E-state index < -0.39 is 11.9 Å². The third-order valence-electron chi connectivity index (χ3n) is 3.09. The zero-order valence-electron chi connectivity index (χ0n) is 9.92. The van der Waals surface area contributed by atoms with Crippen molar-refractivity contribution in [2.75, 3.05) is 7.11 Å². The number of carboxylic acids is 1. The second-order valence-corrected chi connectivity index (χ2v) is 4.32. The summed E-state index contributed by atoms with van der Waals surface area (Å²) < 4.78 is 10.7. The Morgan fingerprint density at radius 2 is 2.06 bits per heavy atom. The minimum Gasteiger partial charge on any atom is -0.497 e. The number of rotatable bonds is 3. The average Bonchev–Trinajstić information content (AvgIpc) is 2.72. The van der Waals surface area contributed by atoms with Gasteiger partial charge in [-0.15, -0.1) is 0 Å². The van der Waals surface area contributed by atoms with Gasteiger partial charge in [0.2, 0.25) is 0 Å². The standard InChI is InChI=1S/C13H16O4/c1-8-7-11(13(14)15)12(17-8)9-3-5-10(16-2)6-4-9/h3-6,8,11-12H,7H2,1-2H3,(H,14,15)/t8-,11+,12-/m0/s1. The Kier molecular flexibility index (Phi) is 3.33. The number of methoxy groups -OCH3 is 1. The van der Waals surface area contributed by atoms with E-state index in [1.165, 1.54) is 0 Å². The summed E-state index contributed by atoms with van der Waals surface area (Å²) >= 11 is 0. The highest BCUT2D eigenvalue weighted by Crippen LogP contribution is 2.38. The molecule has 0 aliphatic carbocycles. The first-order chi connectivity index (χ1) is 8.11. The maximum atomic E-state index is 11.1. The van der Waals surface area contributed by atoms with Crippen molar-refractivity contribution in [2.24, 2.45) is 5.92 Å². The molecule has 0 radical (unpaired) electrons. The second-order valence-electron chi connectivity index (χ2n) is 4.32. The minimum atomic E-state index is -0.796. The third-order valence-corrected chi connectivity index (χ3v) is 3.09. The van der Waals surface area contributed by atoms with E-state index in [-0.39, 0.29) is 12.2 Å². The van der Waals surface area contributed by atoms with Gasteiger partial charge in [0.25, 0.3) is 0 Å². The Labute approximate surface area is 100 Å². The molecule has 1 aliphatic rings. The summed E-state index contributed by atoms with van der Waals surface area (Å²) in [5, 5.41) is 9.16. The fourth-order valence-electron chi connectivity index (χ4n) is 2.22. The third kappa shape index (κ3) is 2.42. The van der Waals surface area contributed by atoms with E-state index in [1.54, 1.807) is 7.11 Å². The van der Waals surface area contributed by atoms with Gasteiger partial charge in [0.15, 0.2) is 0 Å². The van der Waals surface area contributed by atoms with E-state index >= 15 is 0 Å². The SMILES string of the molecule is COc1ccc([C@@H]2O[C@@H](C)C[C@H]2C(=O)O)cc1. The van der Waals surface area contributed by atoms with Crippen LogP contribution in [0, 0.1) is 5.92 Å². The normalized spacial score (nSPS) is 28.0. The number of benzene rings is 1. The number of hydrogen-bond donors (Lipinski definition) is 1. The number of hydrogen-bond acceptors (Lipinski definition) is 3. The first-order valence-corrected chi connectivity index (χ1v) is 5.64. The van der Waals surface area contributed by atoms with Gasteiger partial charge in [0.05, 0.1) is 25.2 Å². The number of carbonyl (C=O) groups is 1. The van der Waals surface area contributed by atoms with Crippen molar-refractivity contribution in [3.8, 4) is 5.75 Å². The lowest BCUT2D eigenvalue weighted by molar-refractivity contribution is -0.143. The lowest BCUT2D eigenvalue weighted by Gasteiger charge is -2.15. The minimum absolute atomic E-state index is 0.0109. The molecule has 1 saturated heterocycles. The van der Waals surface area contributed by atoms with E-state index in [0.717, 1.165) is 11.3 Å². The molecule has 4 nitrogen and oxygen atoms in total. The molecule has 1 N–H and O–H groups in total. The topological polar surface area (TPSA) is 55.8 Å². The van der Waals surface area contributed by atoms with Crippen molar-refractivity contribution in [2.45, 2.75) is 25.6 Å². The molecule has 0 amide bonds. The Morgan fingerprint density at radius 1 is 1.41 bits per heavy atom. The molecule has 1 fully saturated rings. The summed E-state index contributed by atoms with van der Waals surface area (Å²) in [7, 11) is 1.60. The van der Waals surface area contributed by atoms with Crippen LogP contribution < -0.4 is 4.74 Å². The highest BCUT2D eigenvalue weighted by atomic mass is 16.5. The van der Waals surface area contributed by atoms with Crippen molar-refractivity contribution in [1.82, 2.24) is 0 Å². The van der Waals surface area contributed by atoms with Gasteiger partial charge in [-0.25, -0.2) is 0 Å². The molecule has 3 atom stereocenters. The van der Waals surface area contributed by atoms with Gasteiger partial charge in [-0.05, 0) is 31.0 Å². The monoisotopic (exact) mass is 236 g/mol. The van der Waals surface area contributed by atoms with Crippen molar-refractivity contribution in [3.05, 3.63) is 29.8 Å². The van der Waals surface area contributed by atoms with E-state index in [1.807, 2.05) is 31.2 Å². The van der Waals surface area contributed by atoms with E-state index in [4.69, 9.17) is 14.6 Å². The first-order valence-electron chi connectivity index (χ1n) is 5.64. The Morgan fingerprint density at radius 3 is 2.59 bits per heavy atom. The fraction of sp³-hybridized carbons (Fsp3) is 0.462. The van der Waals surface area contributed by atoms with Crippen molar-refractivity contribution in [3.63, 3.8) is 0 Å². The molecule has 0 aromatic heterocycles. The van der Waals surface area contributed by atoms with Gasteiger partial charge in [0, 0.05) is 0 Å². The van der Waals surface area contributed by atoms with Gasteiger partial charge in [-0.1, -0.05) is 12.1 Å². The van der Waals surface area contributed by atoms with Crippen LogP contribution in [0.25, 0.3) is 0 Å². The highest BCUT2D eigenvalue weighted by molar-refractivity contribution is 5.71. The summed E-state index contributed by atoms with van der Waals surface area (Å²) in [6.07, 6.45) is 0.197. The molecule has 0 spiro atoms. The van der Waals surface area contributed by atoms with Crippen LogP contribution in [0.2, 0.25) is 0 Å². The number of aliphatic carboxylic acids is 1. The predicted octanol–water partition coefficient (Wildman–Crippen LogP) is 2.25. The Balaban J connectivity index is 2.22. The van der Waals surface area contributed by atoms with Gasteiger partial charge >= 0.3 is 5.97 Å². The summed E-state index contributed by atoms with van der Waals surface area (Å²) in [5.74, 6) is -0.500. The lowest BCUT2D eigenvalue weighted by atomic mass is 9.94. The van der Waals surface area contributed by atoms with Crippen LogP contribution in [0.15, 0.2) is 24.3 Å². The molecule has 1 aromatic carbocycles. The molecule has 0 bridgehead atoms. The van der Waals surface area contributed by atoms with Gasteiger partial charge in [-0.3, -0.25) is 4.79 Å². The number of carboxylic acid groups (broad SMARTS) is 1. The van der Waals surface area contributed by atoms with Gasteiger partial charge < -0.3 is 14.6 Å². The Bertz CT molecular complexity index is 398. The zero-order chi connectivity index (χ0) is 12.4. The molecular formula is C13H16O4. The average molecular weight is 236 g/mol. The first kappa shape index (κ1) is 11.9. The van der Waals surface area contributed by atoms with Crippen LogP contribution in [0.3, 0.4) is 0 Å². The molecule has 4 heteroatoms. The largest absolute Gasteiger partial charge is 0.497 e. The van der Waals surface area contributed by atoms with Crippen LogP contribution in [-0.4, -0.2) is 24.3 Å². The molecule has 0 saturated carbocycles. The van der Waals surface area contributed by atoms with Crippen molar-refractivity contribution < 1.29 is 19.4 Å². The van der Waals surface area contributed by atoms with Crippen LogP contribution in [-0.2, 0) is 9.53 Å². The van der Waals surface area contributed by atoms with Gasteiger partial charge in [-0.2, -0.15) is 0 Å². The Hall–Kier alpha value is -1.55. The van der Waals surface area contributed by atoms with Crippen LogP contribution in [0.4, 0.5) is 0 Å². The summed E-state index contributed by atoms with van der Waals surface area (Å²) in [6, 6.07) is 7.36. The molecule has 1 aromatic rings. The smallest absolute Gasteiger partial charge is 0.309 e. The maximum Gasteiger partial charge on any atom is 0.309 e. The molecule has 2 rings (SSSR count). The van der Waals surface area contributed by atoms with E-state index in [2.05, 4.69) is 0 Å². The van der Waals surface area contributed by atoms with Crippen LogP contribution in [0.1, 0.15) is 25.0 Å². The molecule has 0 unspecified atom stereocenters. The van der Waals surface area contributed by atoms with Crippen LogP contribution >= 0.6 is 0 Å². The molecule has 17 heavy (non-hydrogen) atoms. The highest BCUT2D eigenvalue weighted by Gasteiger charge is 2.38. The maximum absolute atomic E-state index is 11.1. The predicted molar refractivity (Wildman–Crippen MR) is 62.0 cm³/mol. The number of ether oxygens (including phenoxy) is 2. The zero-order valence-corrected chi connectivity index (χ0v) is 9.92. The summed E-state index contributed by atoms with van der Waals surface area (Å²) in [6.45, 7) is 1.90. The van der Waals surface area contributed by atoms with Crippen LogP contribution in [0.5, 0.6) is 5.75 Å². The molecule has 1 heterocycles. The van der Waals surface area contributed by atoms with Crippen molar-refractivity contribution >= 4 is 5.97 Å². The molecule has 92 valence electrons. The lowest BCUT2D eigenvalue weighted by Crippen LogP contribution is -2.17. The fourth-order valence-corrected chi connectivity index (χ4v) is 2.22. The molecular weight excluding hydrogens is 220 g/mol. The second kappa shape index (κ2) is 4.75. The summed E-state index contributed by atoms with van der Waals surface area (Å²) in [5.41, 5.74) is 0.891. The van der Waals surface area contributed by atoms with E-state index in [9.17, 15) is 4.79 Å². The van der Waals surface area contributed by atoms with Gasteiger partial charge in [0.1, 0.15) is 5.75 Å². The van der Waals surface area contributed by atoms with E-state index in [0.29, 0.717) is 6.42 Å². The summed E-state index contributed by atoms with van der Waals surface area (Å²) in [4.78, 5) is 11.1. The quantitative estimate of drug-likeness (QED) is 0.874. The van der Waals surface area contributed by atoms with Crippen molar-refractivity contribution in [1.29, 1.82) is 0 Å². The molecule has 1 aliphatic heterocycles.